The minimum atomic E-state index is -3.60. The maximum absolute atomic E-state index is 12.5. The number of carbonyl (C=O) groups is 1. The molecular weight excluding hydrogens is 387 g/mol. The fourth-order valence-corrected chi connectivity index (χ4v) is 4.40. The molecule has 0 aromatic carbocycles. The fraction of sp³-hybridized carbons (Fsp3) is 0.600. The summed E-state index contributed by atoms with van der Waals surface area (Å²) in [5.41, 5.74) is 0. The van der Waals surface area contributed by atoms with Gasteiger partial charge in [-0.1, -0.05) is 0 Å². The van der Waals surface area contributed by atoms with E-state index in [0.29, 0.717) is 6.04 Å². The number of nitrogens with one attached hydrogen (secondary N) is 2. The largest absolute Gasteiger partial charge is 0.335 e. The summed E-state index contributed by atoms with van der Waals surface area (Å²) in [6.45, 7) is 1.89. The molecule has 2 bridgehead atoms. The summed E-state index contributed by atoms with van der Waals surface area (Å²) in [5.74, 6) is 0.0371. The van der Waals surface area contributed by atoms with Gasteiger partial charge in [0, 0.05) is 44.0 Å². The molecule has 2 aliphatic rings. The van der Waals surface area contributed by atoms with Crippen molar-refractivity contribution in [2.75, 3.05) is 19.6 Å². The second-order valence-electron chi connectivity index (χ2n) is 6.02. The third-order valence-electron chi connectivity index (χ3n) is 4.52. The maximum atomic E-state index is 12.5. The topological polar surface area (TPSA) is 91.4 Å². The van der Waals surface area contributed by atoms with Gasteiger partial charge in [0.1, 0.15) is 4.90 Å². The minimum Gasteiger partial charge on any atom is -0.335 e. The SMILES string of the molecule is Cl.Cl.O=C(CCNS(=O)(=O)c1cccnc1)N1C2CCNCC1CC2. The monoisotopic (exact) mass is 410 g/mol. The van der Waals surface area contributed by atoms with Crippen molar-refractivity contribution >= 4 is 40.7 Å². The van der Waals surface area contributed by atoms with Crippen LogP contribution in [-0.4, -0.2) is 55.9 Å². The third kappa shape index (κ3) is 5.27. The summed E-state index contributed by atoms with van der Waals surface area (Å²) >= 11 is 0. The minimum absolute atomic E-state index is 0. The van der Waals surface area contributed by atoms with Crippen LogP contribution in [0.5, 0.6) is 0 Å². The lowest BCUT2D eigenvalue weighted by Gasteiger charge is -2.28. The zero-order valence-corrected chi connectivity index (χ0v) is 16.2. The smallest absolute Gasteiger partial charge is 0.242 e. The molecular formula is C15H24Cl2N4O3S. The van der Waals surface area contributed by atoms with Crippen molar-refractivity contribution in [3.8, 4) is 0 Å². The highest BCUT2D eigenvalue weighted by atomic mass is 35.5. The molecule has 0 spiro atoms. The van der Waals surface area contributed by atoms with Crippen LogP contribution in [-0.2, 0) is 14.8 Å². The number of carbonyl (C=O) groups excluding carboxylic acids is 1. The van der Waals surface area contributed by atoms with E-state index in [1.54, 1.807) is 6.07 Å². The number of nitrogens with zero attached hydrogens (tertiary/aromatic N) is 2. The molecule has 2 N–H and O–H groups in total. The van der Waals surface area contributed by atoms with E-state index in [1.807, 2.05) is 4.90 Å². The first-order valence-corrected chi connectivity index (χ1v) is 9.48. The molecule has 2 fully saturated rings. The van der Waals surface area contributed by atoms with E-state index in [4.69, 9.17) is 0 Å². The van der Waals surface area contributed by atoms with Gasteiger partial charge in [-0.15, -0.1) is 24.8 Å². The zero-order valence-electron chi connectivity index (χ0n) is 13.8. The van der Waals surface area contributed by atoms with Crippen LogP contribution in [0.3, 0.4) is 0 Å². The fourth-order valence-electron chi connectivity index (χ4n) is 3.40. The van der Waals surface area contributed by atoms with Crippen LogP contribution < -0.4 is 10.0 Å². The Balaban J connectivity index is 0.00000156. The van der Waals surface area contributed by atoms with Crippen molar-refractivity contribution in [2.24, 2.45) is 0 Å². The van der Waals surface area contributed by atoms with E-state index in [1.165, 1.54) is 18.5 Å². The molecule has 10 heteroatoms. The van der Waals surface area contributed by atoms with E-state index in [2.05, 4.69) is 15.0 Å². The summed E-state index contributed by atoms with van der Waals surface area (Å²) in [7, 11) is -3.60. The van der Waals surface area contributed by atoms with Gasteiger partial charge < -0.3 is 10.2 Å². The van der Waals surface area contributed by atoms with E-state index >= 15 is 0 Å². The molecule has 2 unspecified atom stereocenters. The number of amides is 1. The van der Waals surface area contributed by atoms with Crippen LogP contribution >= 0.6 is 24.8 Å². The average Bonchev–Trinajstić information content (AvgIpc) is 2.81. The lowest BCUT2D eigenvalue weighted by molar-refractivity contribution is -0.133. The van der Waals surface area contributed by atoms with Gasteiger partial charge in [-0.2, -0.15) is 0 Å². The molecule has 0 saturated carbocycles. The summed E-state index contributed by atoms with van der Waals surface area (Å²) in [6.07, 6.45) is 6.07. The molecule has 3 heterocycles. The van der Waals surface area contributed by atoms with Crippen LogP contribution in [0.4, 0.5) is 0 Å². The number of fused-ring (bicyclic) bond motifs is 2. The van der Waals surface area contributed by atoms with E-state index in [0.717, 1.165) is 32.4 Å². The number of aromatic nitrogens is 1. The van der Waals surface area contributed by atoms with Gasteiger partial charge in [-0.05, 0) is 37.9 Å². The van der Waals surface area contributed by atoms with E-state index in [9.17, 15) is 13.2 Å². The Morgan fingerprint density at radius 1 is 1.28 bits per heavy atom. The second-order valence-corrected chi connectivity index (χ2v) is 7.78. The quantitative estimate of drug-likeness (QED) is 0.753. The Kier molecular flexibility index (Phi) is 8.56. The normalized spacial score (nSPS) is 22.5. The Hall–Kier alpha value is -0.930. The Bertz CT molecular complexity index is 646. The van der Waals surface area contributed by atoms with Crippen molar-refractivity contribution in [2.45, 2.75) is 42.7 Å². The van der Waals surface area contributed by atoms with Crippen LogP contribution in [0.1, 0.15) is 25.7 Å². The van der Waals surface area contributed by atoms with Gasteiger partial charge >= 0.3 is 0 Å². The summed E-state index contributed by atoms with van der Waals surface area (Å²) in [6, 6.07) is 3.61. The first-order chi connectivity index (χ1) is 11.1. The molecule has 0 aliphatic carbocycles. The van der Waals surface area contributed by atoms with E-state index < -0.39 is 10.0 Å². The van der Waals surface area contributed by atoms with Crippen LogP contribution in [0.25, 0.3) is 0 Å². The third-order valence-corrected chi connectivity index (χ3v) is 5.96. The molecule has 25 heavy (non-hydrogen) atoms. The van der Waals surface area contributed by atoms with Crippen molar-refractivity contribution < 1.29 is 13.2 Å². The van der Waals surface area contributed by atoms with Gasteiger partial charge in [0.05, 0.1) is 0 Å². The number of rotatable bonds is 5. The highest BCUT2D eigenvalue weighted by molar-refractivity contribution is 7.89. The Morgan fingerprint density at radius 2 is 2.04 bits per heavy atom. The van der Waals surface area contributed by atoms with Gasteiger partial charge in [0.25, 0.3) is 0 Å². The summed E-state index contributed by atoms with van der Waals surface area (Å²) in [5, 5.41) is 3.35. The Morgan fingerprint density at radius 3 is 2.76 bits per heavy atom. The molecule has 1 aromatic rings. The highest BCUT2D eigenvalue weighted by Gasteiger charge is 2.37. The van der Waals surface area contributed by atoms with Crippen molar-refractivity contribution in [1.82, 2.24) is 19.9 Å². The van der Waals surface area contributed by atoms with E-state index in [-0.39, 0.29) is 54.6 Å². The van der Waals surface area contributed by atoms with Crippen molar-refractivity contribution in [3.05, 3.63) is 24.5 Å². The molecule has 1 amide bonds. The molecule has 142 valence electrons. The molecule has 2 aliphatic heterocycles. The number of hydrogen-bond donors (Lipinski definition) is 2. The number of sulfonamides is 1. The van der Waals surface area contributed by atoms with Crippen molar-refractivity contribution in [1.29, 1.82) is 0 Å². The second kappa shape index (κ2) is 9.68. The summed E-state index contributed by atoms with van der Waals surface area (Å²) < 4.78 is 26.7. The number of halogens is 2. The number of pyridine rings is 1. The van der Waals surface area contributed by atoms with Crippen LogP contribution in [0, 0.1) is 0 Å². The van der Waals surface area contributed by atoms with Crippen LogP contribution in [0.2, 0.25) is 0 Å². The van der Waals surface area contributed by atoms with Crippen LogP contribution in [0.15, 0.2) is 29.4 Å². The molecule has 2 saturated heterocycles. The molecule has 0 radical (unpaired) electrons. The summed E-state index contributed by atoms with van der Waals surface area (Å²) in [4.78, 5) is 18.4. The van der Waals surface area contributed by atoms with Gasteiger partial charge in [-0.3, -0.25) is 9.78 Å². The lowest BCUT2D eigenvalue weighted by atomic mass is 10.1. The van der Waals surface area contributed by atoms with Crippen molar-refractivity contribution in [3.63, 3.8) is 0 Å². The first-order valence-electron chi connectivity index (χ1n) is 7.99. The van der Waals surface area contributed by atoms with Gasteiger partial charge in [-0.25, -0.2) is 13.1 Å². The first kappa shape index (κ1) is 22.1. The van der Waals surface area contributed by atoms with Gasteiger partial charge in [0.2, 0.25) is 15.9 Å². The Labute approximate surface area is 160 Å². The standard InChI is InChI=1S/C15H22N4O3S.2ClH/c20-15(19-12-3-4-13(19)10-17-8-5-12)6-9-18-23(21,22)14-2-1-7-16-11-14;;/h1-2,7,11-13,17-18H,3-6,8-10H2;2*1H. The highest BCUT2D eigenvalue weighted by Crippen LogP contribution is 2.28. The number of hydrogen-bond acceptors (Lipinski definition) is 5. The predicted molar refractivity (Wildman–Crippen MR) is 99.7 cm³/mol. The average molecular weight is 411 g/mol. The van der Waals surface area contributed by atoms with Gasteiger partial charge in [0.15, 0.2) is 0 Å². The molecule has 2 atom stereocenters. The molecule has 1 aromatic heterocycles. The lowest BCUT2D eigenvalue weighted by Crippen LogP contribution is -2.43. The molecule has 7 nitrogen and oxygen atoms in total. The maximum Gasteiger partial charge on any atom is 0.242 e. The zero-order chi connectivity index (χ0) is 16.3. The molecule has 3 rings (SSSR count). The predicted octanol–water partition coefficient (Wildman–Crippen LogP) is 0.946.